The number of piperidine rings is 1. The van der Waals surface area contributed by atoms with Crippen molar-refractivity contribution in [3.8, 4) is 0 Å². The first-order chi connectivity index (χ1) is 9.88. The van der Waals surface area contributed by atoms with E-state index in [1.807, 2.05) is 13.8 Å². The Kier molecular flexibility index (Phi) is 6.98. The zero-order valence-corrected chi connectivity index (χ0v) is 12.7. The predicted molar refractivity (Wildman–Crippen MR) is 77.8 cm³/mol. The fourth-order valence-electron chi connectivity index (χ4n) is 2.31. The molecule has 1 rings (SSSR count). The van der Waals surface area contributed by atoms with Gasteiger partial charge in [0.15, 0.2) is 0 Å². The van der Waals surface area contributed by atoms with Crippen molar-refractivity contribution in [2.75, 3.05) is 26.2 Å². The van der Waals surface area contributed by atoms with E-state index >= 15 is 0 Å². The molecule has 1 aliphatic rings. The minimum absolute atomic E-state index is 0.00299. The fraction of sp³-hybridized carbons (Fsp3) is 0.786. The summed E-state index contributed by atoms with van der Waals surface area (Å²) < 4.78 is 0. The average Bonchev–Trinajstić information content (AvgIpc) is 2.42. The van der Waals surface area contributed by atoms with Crippen LogP contribution in [0.4, 0.5) is 4.79 Å². The molecule has 0 bridgehead atoms. The molecule has 7 heteroatoms. The lowest BCUT2D eigenvalue weighted by Crippen LogP contribution is -2.48. The Morgan fingerprint density at radius 3 is 2.62 bits per heavy atom. The number of nitrogens with one attached hydrogen (secondary N) is 2. The fourth-order valence-corrected chi connectivity index (χ4v) is 2.31. The van der Waals surface area contributed by atoms with E-state index in [0.29, 0.717) is 25.6 Å². The highest BCUT2D eigenvalue weighted by molar-refractivity contribution is 5.84. The van der Waals surface area contributed by atoms with E-state index in [9.17, 15) is 14.4 Å². The minimum Gasteiger partial charge on any atom is -0.481 e. The molecule has 1 saturated heterocycles. The lowest BCUT2D eigenvalue weighted by Gasteiger charge is -2.32. The zero-order valence-electron chi connectivity index (χ0n) is 12.7. The average molecular weight is 299 g/mol. The van der Waals surface area contributed by atoms with Crippen LogP contribution in [0.25, 0.3) is 0 Å². The van der Waals surface area contributed by atoms with Crippen LogP contribution in [0.5, 0.6) is 0 Å². The summed E-state index contributed by atoms with van der Waals surface area (Å²) in [5.41, 5.74) is 0. The van der Waals surface area contributed by atoms with Crippen LogP contribution >= 0.6 is 0 Å². The van der Waals surface area contributed by atoms with Crippen LogP contribution in [-0.4, -0.2) is 54.1 Å². The number of hydrogen-bond acceptors (Lipinski definition) is 3. The maximum atomic E-state index is 12.0. The molecular formula is C14H25N3O4. The molecule has 0 aromatic carbocycles. The summed E-state index contributed by atoms with van der Waals surface area (Å²) in [5, 5.41) is 14.1. The SMILES string of the molecule is CC(C)CNC(=O)CNC(=O)N1CCCC(CC(=O)O)C1. The molecular weight excluding hydrogens is 274 g/mol. The van der Waals surface area contributed by atoms with Crippen molar-refractivity contribution in [3.05, 3.63) is 0 Å². The number of carbonyl (C=O) groups is 3. The molecule has 1 aliphatic heterocycles. The monoisotopic (exact) mass is 299 g/mol. The van der Waals surface area contributed by atoms with Gasteiger partial charge in [-0.15, -0.1) is 0 Å². The molecule has 1 fully saturated rings. The van der Waals surface area contributed by atoms with E-state index in [1.54, 1.807) is 4.90 Å². The number of likely N-dealkylation sites (tertiary alicyclic amines) is 1. The quantitative estimate of drug-likeness (QED) is 0.671. The van der Waals surface area contributed by atoms with Gasteiger partial charge in [0.1, 0.15) is 0 Å². The van der Waals surface area contributed by atoms with E-state index in [0.717, 1.165) is 12.8 Å². The number of hydrogen-bond donors (Lipinski definition) is 3. The highest BCUT2D eigenvalue weighted by Gasteiger charge is 2.25. The topological polar surface area (TPSA) is 98.7 Å². The molecule has 0 spiro atoms. The first kappa shape index (κ1) is 17.3. The van der Waals surface area contributed by atoms with Crippen LogP contribution in [0.3, 0.4) is 0 Å². The van der Waals surface area contributed by atoms with Gasteiger partial charge in [-0.3, -0.25) is 9.59 Å². The van der Waals surface area contributed by atoms with Gasteiger partial charge in [0.25, 0.3) is 0 Å². The molecule has 1 heterocycles. The van der Waals surface area contributed by atoms with E-state index in [-0.39, 0.29) is 30.8 Å². The molecule has 0 saturated carbocycles. The third-order valence-electron chi connectivity index (χ3n) is 3.38. The van der Waals surface area contributed by atoms with Crippen molar-refractivity contribution >= 4 is 17.9 Å². The van der Waals surface area contributed by atoms with Crippen LogP contribution in [0, 0.1) is 11.8 Å². The van der Waals surface area contributed by atoms with Crippen molar-refractivity contribution < 1.29 is 19.5 Å². The highest BCUT2D eigenvalue weighted by Crippen LogP contribution is 2.19. The molecule has 21 heavy (non-hydrogen) atoms. The Balaban J connectivity index is 2.31. The van der Waals surface area contributed by atoms with E-state index in [2.05, 4.69) is 10.6 Å². The lowest BCUT2D eigenvalue weighted by molar-refractivity contribution is -0.138. The van der Waals surface area contributed by atoms with Crippen LogP contribution in [0.2, 0.25) is 0 Å². The number of urea groups is 1. The largest absolute Gasteiger partial charge is 0.481 e. The summed E-state index contributed by atoms with van der Waals surface area (Å²) in [6.45, 7) is 5.57. The highest BCUT2D eigenvalue weighted by atomic mass is 16.4. The van der Waals surface area contributed by atoms with Crippen molar-refractivity contribution in [2.45, 2.75) is 33.1 Å². The Hall–Kier alpha value is -1.79. The van der Waals surface area contributed by atoms with Gasteiger partial charge in [-0.2, -0.15) is 0 Å². The van der Waals surface area contributed by atoms with E-state index in [1.165, 1.54) is 0 Å². The molecule has 3 amide bonds. The van der Waals surface area contributed by atoms with Crippen LogP contribution in [0.15, 0.2) is 0 Å². The van der Waals surface area contributed by atoms with Crippen LogP contribution < -0.4 is 10.6 Å². The smallest absolute Gasteiger partial charge is 0.317 e. The second-order valence-electron chi connectivity index (χ2n) is 5.91. The molecule has 0 aliphatic carbocycles. The second kappa shape index (κ2) is 8.49. The minimum atomic E-state index is -0.838. The Morgan fingerprint density at radius 2 is 2.00 bits per heavy atom. The first-order valence-electron chi connectivity index (χ1n) is 7.39. The molecule has 120 valence electrons. The summed E-state index contributed by atoms with van der Waals surface area (Å²) in [5.74, 6) is -0.688. The molecule has 0 radical (unpaired) electrons. The van der Waals surface area contributed by atoms with Crippen LogP contribution in [-0.2, 0) is 9.59 Å². The maximum absolute atomic E-state index is 12.0. The van der Waals surface area contributed by atoms with Crippen molar-refractivity contribution in [1.82, 2.24) is 15.5 Å². The Bertz CT molecular complexity index is 384. The van der Waals surface area contributed by atoms with Crippen molar-refractivity contribution in [2.24, 2.45) is 11.8 Å². The number of aliphatic carboxylic acids is 1. The predicted octanol–water partition coefficient (Wildman–Crippen LogP) is 0.655. The van der Waals surface area contributed by atoms with Crippen LogP contribution in [0.1, 0.15) is 33.1 Å². The summed E-state index contributed by atoms with van der Waals surface area (Å²) in [6.07, 6.45) is 1.70. The third kappa shape index (κ3) is 6.97. The number of carboxylic acids is 1. The normalized spacial score (nSPS) is 18.4. The van der Waals surface area contributed by atoms with Crippen molar-refractivity contribution in [1.29, 1.82) is 0 Å². The van der Waals surface area contributed by atoms with Gasteiger partial charge in [-0.1, -0.05) is 13.8 Å². The van der Waals surface area contributed by atoms with Gasteiger partial charge in [0, 0.05) is 26.1 Å². The molecule has 7 nitrogen and oxygen atoms in total. The van der Waals surface area contributed by atoms with Gasteiger partial charge in [0.2, 0.25) is 5.91 Å². The van der Waals surface area contributed by atoms with E-state index < -0.39 is 5.97 Å². The summed E-state index contributed by atoms with van der Waals surface area (Å²) in [6, 6.07) is -0.301. The molecule has 0 aromatic rings. The Morgan fingerprint density at radius 1 is 1.29 bits per heavy atom. The van der Waals surface area contributed by atoms with Gasteiger partial charge in [-0.05, 0) is 24.7 Å². The first-order valence-corrected chi connectivity index (χ1v) is 7.39. The van der Waals surface area contributed by atoms with Gasteiger partial charge >= 0.3 is 12.0 Å². The molecule has 1 unspecified atom stereocenters. The maximum Gasteiger partial charge on any atom is 0.317 e. The van der Waals surface area contributed by atoms with Gasteiger partial charge < -0.3 is 20.6 Å². The molecule has 3 N–H and O–H groups in total. The van der Waals surface area contributed by atoms with E-state index in [4.69, 9.17) is 5.11 Å². The molecule has 0 aromatic heterocycles. The summed E-state index contributed by atoms with van der Waals surface area (Å²) in [4.78, 5) is 35.8. The van der Waals surface area contributed by atoms with Gasteiger partial charge in [0.05, 0.1) is 6.54 Å². The number of carboxylic acid groups (broad SMARTS) is 1. The molecule has 1 atom stereocenters. The van der Waals surface area contributed by atoms with Gasteiger partial charge in [-0.25, -0.2) is 4.79 Å². The van der Waals surface area contributed by atoms with Crippen molar-refractivity contribution in [3.63, 3.8) is 0 Å². The standard InChI is InChI=1S/C14H25N3O4/c1-10(2)7-15-12(18)8-16-14(21)17-5-3-4-11(9-17)6-13(19)20/h10-11H,3-9H2,1-2H3,(H,15,18)(H,16,21)(H,19,20). The number of rotatable bonds is 6. The Labute approximate surface area is 125 Å². The summed E-state index contributed by atoms with van der Waals surface area (Å²) >= 11 is 0. The summed E-state index contributed by atoms with van der Waals surface area (Å²) in [7, 11) is 0. The number of nitrogens with zero attached hydrogens (tertiary/aromatic N) is 1. The zero-order chi connectivity index (χ0) is 15.8. The number of amides is 3. The lowest BCUT2D eigenvalue weighted by atomic mass is 9.95. The second-order valence-corrected chi connectivity index (χ2v) is 5.91. The number of carbonyl (C=O) groups excluding carboxylic acids is 2. The third-order valence-corrected chi connectivity index (χ3v) is 3.38.